The van der Waals surface area contributed by atoms with Gasteiger partial charge >= 0.3 is 0 Å². The summed E-state index contributed by atoms with van der Waals surface area (Å²) in [6.45, 7) is 2.91. The van der Waals surface area contributed by atoms with Crippen molar-refractivity contribution in [2.75, 3.05) is 12.4 Å². The van der Waals surface area contributed by atoms with Crippen molar-refractivity contribution < 1.29 is 13.2 Å². The molecular weight excluding hydrogens is 238 g/mol. The van der Waals surface area contributed by atoms with E-state index in [-0.39, 0.29) is 17.9 Å². The van der Waals surface area contributed by atoms with Gasteiger partial charge in [0.05, 0.1) is 11.9 Å². The van der Waals surface area contributed by atoms with Crippen molar-refractivity contribution in [3.63, 3.8) is 0 Å². The van der Waals surface area contributed by atoms with Gasteiger partial charge in [0.15, 0.2) is 0 Å². The molecule has 0 amide bonds. The maximum absolute atomic E-state index is 11.9. The highest BCUT2D eigenvalue weighted by Crippen LogP contribution is 2.25. The summed E-state index contributed by atoms with van der Waals surface area (Å²) >= 11 is 0. The number of nitrogens with one attached hydrogen (secondary N) is 1. The smallest absolute Gasteiger partial charge is 0.211 e. The normalized spacial score (nSPS) is 34.3. The van der Waals surface area contributed by atoms with Crippen LogP contribution in [-0.2, 0) is 14.8 Å². The summed E-state index contributed by atoms with van der Waals surface area (Å²) < 4.78 is 32.1. The van der Waals surface area contributed by atoms with E-state index >= 15 is 0 Å². The van der Waals surface area contributed by atoms with Crippen LogP contribution in [0.25, 0.3) is 0 Å². The van der Waals surface area contributed by atoms with Gasteiger partial charge in [-0.25, -0.2) is 13.1 Å². The lowest BCUT2D eigenvalue weighted by Gasteiger charge is -2.18. The number of rotatable bonds is 5. The number of hydrogen-bond acceptors (Lipinski definition) is 3. The third-order valence-electron chi connectivity index (χ3n) is 3.92. The quantitative estimate of drug-likeness (QED) is 0.819. The van der Waals surface area contributed by atoms with E-state index in [1.807, 2.05) is 0 Å². The zero-order valence-corrected chi connectivity index (χ0v) is 11.3. The van der Waals surface area contributed by atoms with E-state index in [0.29, 0.717) is 12.3 Å². The van der Waals surface area contributed by atoms with Crippen LogP contribution in [0.4, 0.5) is 0 Å². The highest BCUT2D eigenvalue weighted by atomic mass is 32.2. The van der Waals surface area contributed by atoms with Crippen molar-refractivity contribution in [2.45, 2.75) is 57.6 Å². The molecule has 1 saturated carbocycles. The van der Waals surface area contributed by atoms with Crippen molar-refractivity contribution in [2.24, 2.45) is 5.92 Å². The van der Waals surface area contributed by atoms with E-state index in [2.05, 4.69) is 11.6 Å². The van der Waals surface area contributed by atoms with E-state index in [4.69, 9.17) is 4.74 Å². The van der Waals surface area contributed by atoms with Crippen LogP contribution < -0.4 is 4.72 Å². The van der Waals surface area contributed by atoms with E-state index < -0.39 is 10.0 Å². The first kappa shape index (κ1) is 13.3. The summed E-state index contributed by atoms with van der Waals surface area (Å²) in [5.41, 5.74) is 0. The van der Waals surface area contributed by atoms with Gasteiger partial charge in [0.25, 0.3) is 0 Å². The third-order valence-corrected chi connectivity index (χ3v) is 5.36. The average Bonchev–Trinajstić information content (AvgIpc) is 2.88. The standard InChI is InChI=1S/C12H23NO3S/c1-10-4-2-6-12(10)13-17(14,15)9-7-11-5-3-8-16-11/h10-13H,2-9H2,1H3/t10-,11+,12-/m1/s1. The summed E-state index contributed by atoms with van der Waals surface area (Å²) in [5.74, 6) is 0.688. The molecule has 0 radical (unpaired) electrons. The van der Waals surface area contributed by atoms with Gasteiger partial charge in [-0.2, -0.15) is 0 Å². The molecule has 1 N–H and O–H groups in total. The van der Waals surface area contributed by atoms with Crippen LogP contribution in [0, 0.1) is 5.92 Å². The molecule has 0 aromatic heterocycles. The van der Waals surface area contributed by atoms with E-state index in [1.54, 1.807) is 0 Å². The third kappa shape index (κ3) is 3.93. The summed E-state index contributed by atoms with van der Waals surface area (Å²) in [6, 6.07) is 0.157. The Kier molecular flexibility index (Phi) is 4.44. The monoisotopic (exact) mass is 261 g/mol. The van der Waals surface area contributed by atoms with Crippen molar-refractivity contribution in [3.8, 4) is 0 Å². The summed E-state index contributed by atoms with van der Waals surface area (Å²) in [6.07, 6.45) is 6.13. The minimum atomic E-state index is -3.12. The van der Waals surface area contributed by atoms with Gasteiger partial charge in [0, 0.05) is 12.6 Å². The molecule has 3 atom stereocenters. The fourth-order valence-electron chi connectivity index (χ4n) is 2.77. The van der Waals surface area contributed by atoms with Gasteiger partial charge in [0.2, 0.25) is 10.0 Å². The first-order chi connectivity index (χ1) is 8.07. The molecule has 1 aliphatic carbocycles. The predicted molar refractivity (Wildman–Crippen MR) is 67.3 cm³/mol. The summed E-state index contributed by atoms with van der Waals surface area (Å²) in [5, 5.41) is 0. The Hall–Kier alpha value is -0.130. The summed E-state index contributed by atoms with van der Waals surface area (Å²) in [4.78, 5) is 0. The molecular formula is C12H23NO3S. The second-order valence-corrected chi connectivity index (χ2v) is 7.25. The first-order valence-corrected chi connectivity index (χ1v) is 8.34. The van der Waals surface area contributed by atoms with Crippen molar-refractivity contribution in [3.05, 3.63) is 0 Å². The molecule has 0 bridgehead atoms. The molecule has 2 fully saturated rings. The van der Waals surface area contributed by atoms with Gasteiger partial charge in [0.1, 0.15) is 0 Å². The fraction of sp³-hybridized carbons (Fsp3) is 1.00. The van der Waals surface area contributed by atoms with Crippen molar-refractivity contribution >= 4 is 10.0 Å². The van der Waals surface area contributed by atoms with E-state index in [1.165, 1.54) is 0 Å². The Morgan fingerprint density at radius 3 is 2.65 bits per heavy atom. The Bertz CT molecular complexity index is 336. The number of ether oxygens (including phenoxy) is 1. The van der Waals surface area contributed by atoms with Crippen LogP contribution in [-0.4, -0.2) is 32.9 Å². The zero-order chi connectivity index (χ0) is 12.3. The molecule has 4 nitrogen and oxygen atoms in total. The molecule has 0 aromatic rings. The average molecular weight is 261 g/mol. The lowest BCUT2D eigenvalue weighted by molar-refractivity contribution is 0.108. The second-order valence-electron chi connectivity index (χ2n) is 5.38. The van der Waals surface area contributed by atoms with Crippen LogP contribution in [0.3, 0.4) is 0 Å². The lowest BCUT2D eigenvalue weighted by Crippen LogP contribution is -2.38. The van der Waals surface area contributed by atoms with Gasteiger partial charge in [-0.3, -0.25) is 0 Å². The molecule has 1 heterocycles. The molecule has 0 unspecified atom stereocenters. The van der Waals surface area contributed by atoms with Crippen LogP contribution in [0.5, 0.6) is 0 Å². The van der Waals surface area contributed by atoms with Crippen LogP contribution in [0.1, 0.15) is 45.4 Å². The highest BCUT2D eigenvalue weighted by Gasteiger charge is 2.28. The van der Waals surface area contributed by atoms with Gasteiger partial charge in [-0.15, -0.1) is 0 Å². The van der Waals surface area contributed by atoms with E-state index in [0.717, 1.165) is 38.7 Å². The molecule has 2 rings (SSSR count). The van der Waals surface area contributed by atoms with Gasteiger partial charge in [-0.1, -0.05) is 13.3 Å². The Balaban J connectivity index is 1.77. The molecule has 0 aromatic carbocycles. The molecule has 2 aliphatic rings. The van der Waals surface area contributed by atoms with E-state index in [9.17, 15) is 8.42 Å². The molecule has 100 valence electrons. The minimum absolute atomic E-state index is 0.157. The highest BCUT2D eigenvalue weighted by molar-refractivity contribution is 7.89. The molecule has 5 heteroatoms. The SMILES string of the molecule is C[C@@H]1CCC[C@H]1NS(=O)(=O)CC[C@@H]1CCCO1. The van der Waals surface area contributed by atoms with Crippen LogP contribution in [0.2, 0.25) is 0 Å². The van der Waals surface area contributed by atoms with Crippen LogP contribution in [0.15, 0.2) is 0 Å². The first-order valence-electron chi connectivity index (χ1n) is 6.68. The van der Waals surface area contributed by atoms with Crippen molar-refractivity contribution in [1.29, 1.82) is 0 Å². The second kappa shape index (κ2) is 5.67. The predicted octanol–water partition coefficient (Wildman–Crippen LogP) is 1.66. The topological polar surface area (TPSA) is 55.4 Å². The van der Waals surface area contributed by atoms with Gasteiger partial charge in [-0.05, 0) is 38.0 Å². The lowest BCUT2D eigenvalue weighted by atomic mass is 10.1. The van der Waals surface area contributed by atoms with Crippen molar-refractivity contribution in [1.82, 2.24) is 4.72 Å². The molecule has 0 spiro atoms. The largest absolute Gasteiger partial charge is 0.378 e. The maximum atomic E-state index is 11.9. The van der Waals surface area contributed by atoms with Crippen LogP contribution >= 0.6 is 0 Å². The molecule has 1 aliphatic heterocycles. The Morgan fingerprint density at radius 1 is 1.24 bits per heavy atom. The number of hydrogen-bond donors (Lipinski definition) is 1. The zero-order valence-electron chi connectivity index (χ0n) is 10.5. The summed E-state index contributed by atoms with van der Waals surface area (Å²) in [7, 11) is -3.12. The minimum Gasteiger partial charge on any atom is -0.378 e. The Morgan fingerprint density at radius 2 is 2.06 bits per heavy atom. The van der Waals surface area contributed by atoms with Gasteiger partial charge < -0.3 is 4.74 Å². The Labute approximate surface area is 104 Å². The molecule has 17 heavy (non-hydrogen) atoms. The fourth-order valence-corrected chi connectivity index (χ4v) is 4.27. The maximum Gasteiger partial charge on any atom is 0.211 e. The number of sulfonamides is 1. The molecule has 1 saturated heterocycles.